The van der Waals surface area contributed by atoms with Crippen LogP contribution in [0.1, 0.15) is 43.5 Å². The lowest BCUT2D eigenvalue weighted by Crippen LogP contribution is -2.33. The zero-order valence-electron chi connectivity index (χ0n) is 13.9. The van der Waals surface area contributed by atoms with Crippen molar-refractivity contribution in [3.05, 3.63) is 70.4 Å². The molecule has 0 radical (unpaired) electrons. The van der Waals surface area contributed by atoms with Crippen molar-refractivity contribution in [1.82, 2.24) is 10.2 Å². The number of aliphatic imine (C=N–C) groups is 1. The van der Waals surface area contributed by atoms with E-state index in [2.05, 4.69) is 43.1 Å². The van der Waals surface area contributed by atoms with Gasteiger partial charge in [-0.15, -0.1) is 10.2 Å². The summed E-state index contributed by atoms with van der Waals surface area (Å²) in [4.78, 5) is 5.01. The minimum Gasteiger partial charge on any atom is -0.276 e. The maximum atomic E-state index is 6.52. The summed E-state index contributed by atoms with van der Waals surface area (Å²) in [5.41, 5.74) is 4.49. The summed E-state index contributed by atoms with van der Waals surface area (Å²) in [7, 11) is 0. The van der Waals surface area contributed by atoms with Crippen molar-refractivity contribution in [1.29, 1.82) is 0 Å². The molecule has 24 heavy (non-hydrogen) atoms. The lowest BCUT2D eigenvalue weighted by Gasteiger charge is -2.35. The Labute approximate surface area is 146 Å². The van der Waals surface area contributed by atoms with Gasteiger partial charge in [-0.1, -0.05) is 48.9 Å². The molecule has 2 aromatic carbocycles. The van der Waals surface area contributed by atoms with E-state index in [1.165, 1.54) is 0 Å². The molecule has 1 aromatic heterocycles. The first-order chi connectivity index (χ1) is 11.5. The van der Waals surface area contributed by atoms with Crippen LogP contribution in [0.25, 0.3) is 10.9 Å². The van der Waals surface area contributed by atoms with Gasteiger partial charge in [0.25, 0.3) is 0 Å². The van der Waals surface area contributed by atoms with Crippen molar-refractivity contribution in [2.45, 2.75) is 32.2 Å². The van der Waals surface area contributed by atoms with Crippen LogP contribution >= 0.6 is 11.6 Å². The van der Waals surface area contributed by atoms with E-state index in [1.54, 1.807) is 0 Å². The Bertz CT molecular complexity index is 976. The maximum absolute atomic E-state index is 6.52. The fourth-order valence-corrected chi connectivity index (χ4v) is 3.62. The van der Waals surface area contributed by atoms with Crippen molar-refractivity contribution in [2.24, 2.45) is 4.99 Å². The van der Waals surface area contributed by atoms with Gasteiger partial charge in [0.15, 0.2) is 0 Å². The van der Waals surface area contributed by atoms with E-state index >= 15 is 0 Å². The van der Waals surface area contributed by atoms with Crippen molar-refractivity contribution >= 4 is 28.2 Å². The molecule has 120 valence electrons. The SMILES string of the molecule is CC1c2c(Cl)cccc2C(c2cc3ccccc3nn2)=NC1(C)C. The van der Waals surface area contributed by atoms with Gasteiger partial charge >= 0.3 is 0 Å². The van der Waals surface area contributed by atoms with Crippen LogP contribution in [0.15, 0.2) is 53.5 Å². The van der Waals surface area contributed by atoms with E-state index < -0.39 is 0 Å². The van der Waals surface area contributed by atoms with E-state index in [0.717, 1.165) is 38.5 Å². The van der Waals surface area contributed by atoms with Crippen LogP contribution in [-0.4, -0.2) is 21.4 Å². The highest BCUT2D eigenvalue weighted by atomic mass is 35.5. The summed E-state index contributed by atoms with van der Waals surface area (Å²) in [6, 6.07) is 16.0. The number of hydrogen-bond acceptors (Lipinski definition) is 3. The zero-order valence-corrected chi connectivity index (χ0v) is 14.7. The van der Waals surface area contributed by atoms with E-state index in [1.807, 2.05) is 36.4 Å². The number of halogens is 1. The highest BCUT2D eigenvalue weighted by Crippen LogP contribution is 2.42. The van der Waals surface area contributed by atoms with Gasteiger partial charge < -0.3 is 0 Å². The van der Waals surface area contributed by atoms with Gasteiger partial charge in [-0.25, -0.2) is 0 Å². The summed E-state index contributed by atoms with van der Waals surface area (Å²) in [5.74, 6) is 0.235. The maximum Gasteiger partial charge on any atom is 0.112 e. The zero-order chi connectivity index (χ0) is 16.9. The monoisotopic (exact) mass is 335 g/mol. The Morgan fingerprint density at radius 3 is 2.62 bits per heavy atom. The number of hydrogen-bond donors (Lipinski definition) is 0. The summed E-state index contributed by atoms with van der Waals surface area (Å²) in [6.45, 7) is 6.45. The molecule has 4 rings (SSSR count). The molecule has 0 aliphatic carbocycles. The average Bonchev–Trinajstić information content (AvgIpc) is 2.58. The first-order valence-electron chi connectivity index (χ1n) is 8.09. The fraction of sp³-hybridized carbons (Fsp3) is 0.250. The summed E-state index contributed by atoms with van der Waals surface area (Å²) >= 11 is 6.52. The van der Waals surface area contributed by atoms with E-state index in [9.17, 15) is 0 Å². The second kappa shape index (κ2) is 5.38. The molecule has 3 nitrogen and oxygen atoms in total. The standard InChI is InChI=1S/C20H18ClN3/c1-12-18-14(8-6-9-15(18)21)19(22-20(12,2)3)17-11-13-7-4-5-10-16(13)23-24-17/h4-12H,1-3H3. The number of fused-ring (bicyclic) bond motifs is 2. The molecule has 1 aliphatic heterocycles. The third-order valence-corrected chi connectivity index (χ3v) is 5.27. The minimum absolute atomic E-state index is 0.235. The Morgan fingerprint density at radius 1 is 1.00 bits per heavy atom. The topological polar surface area (TPSA) is 38.1 Å². The normalized spacial score (nSPS) is 19.0. The first-order valence-corrected chi connectivity index (χ1v) is 8.46. The van der Waals surface area contributed by atoms with Gasteiger partial charge in [-0.3, -0.25) is 4.99 Å². The Balaban J connectivity index is 1.97. The van der Waals surface area contributed by atoms with E-state index in [-0.39, 0.29) is 11.5 Å². The number of aromatic nitrogens is 2. The van der Waals surface area contributed by atoms with Crippen molar-refractivity contribution in [3.63, 3.8) is 0 Å². The predicted octanol–water partition coefficient (Wildman–Crippen LogP) is 5.02. The third-order valence-electron chi connectivity index (χ3n) is 4.94. The molecule has 0 bridgehead atoms. The minimum atomic E-state index is -0.249. The number of benzene rings is 2. The molecule has 0 saturated heterocycles. The van der Waals surface area contributed by atoms with Gasteiger partial charge in [0.2, 0.25) is 0 Å². The van der Waals surface area contributed by atoms with Crippen molar-refractivity contribution < 1.29 is 0 Å². The first kappa shape index (κ1) is 15.3. The molecule has 1 atom stereocenters. The predicted molar refractivity (Wildman–Crippen MR) is 99.1 cm³/mol. The van der Waals surface area contributed by atoms with Crippen molar-refractivity contribution in [3.8, 4) is 0 Å². The molecule has 2 heterocycles. The van der Waals surface area contributed by atoms with Crippen LogP contribution in [0.3, 0.4) is 0 Å². The highest BCUT2D eigenvalue weighted by molar-refractivity contribution is 6.32. The second-order valence-corrected chi connectivity index (χ2v) is 7.23. The lowest BCUT2D eigenvalue weighted by molar-refractivity contribution is 0.432. The summed E-state index contributed by atoms with van der Waals surface area (Å²) in [5, 5.41) is 10.6. The van der Waals surface area contributed by atoms with Gasteiger partial charge in [-0.05, 0) is 37.6 Å². The van der Waals surface area contributed by atoms with Gasteiger partial charge in [0, 0.05) is 21.9 Å². The molecule has 0 saturated carbocycles. The average molecular weight is 336 g/mol. The van der Waals surface area contributed by atoms with Crippen LogP contribution in [0.4, 0.5) is 0 Å². The fourth-order valence-electron chi connectivity index (χ4n) is 3.28. The van der Waals surface area contributed by atoms with Gasteiger partial charge in [0.1, 0.15) is 5.69 Å². The molecular formula is C20H18ClN3. The Morgan fingerprint density at radius 2 is 1.79 bits per heavy atom. The van der Waals surface area contributed by atoms with Crippen LogP contribution in [0.2, 0.25) is 5.02 Å². The van der Waals surface area contributed by atoms with E-state index in [4.69, 9.17) is 16.6 Å². The Kier molecular flexibility index (Phi) is 3.43. The molecule has 0 spiro atoms. The lowest BCUT2D eigenvalue weighted by atomic mass is 9.77. The largest absolute Gasteiger partial charge is 0.276 e. The van der Waals surface area contributed by atoms with E-state index in [0.29, 0.717) is 0 Å². The quantitative estimate of drug-likeness (QED) is 0.626. The molecule has 1 aliphatic rings. The van der Waals surface area contributed by atoms with Gasteiger partial charge in [0.05, 0.1) is 16.8 Å². The molecule has 1 unspecified atom stereocenters. The Hall–Kier alpha value is -2.26. The van der Waals surface area contributed by atoms with Crippen LogP contribution in [0.5, 0.6) is 0 Å². The molecule has 3 aromatic rings. The van der Waals surface area contributed by atoms with Crippen LogP contribution < -0.4 is 0 Å². The van der Waals surface area contributed by atoms with Crippen molar-refractivity contribution in [2.75, 3.05) is 0 Å². The molecule has 0 amide bonds. The van der Waals surface area contributed by atoms with Gasteiger partial charge in [-0.2, -0.15) is 0 Å². The second-order valence-electron chi connectivity index (χ2n) is 6.83. The molecule has 4 heteroatoms. The summed E-state index contributed by atoms with van der Waals surface area (Å²) < 4.78 is 0. The molecule has 0 N–H and O–H groups in total. The summed E-state index contributed by atoms with van der Waals surface area (Å²) in [6.07, 6.45) is 0. The number of nitrogens with zero attached hydrogens (tertiary/aromatic N) is 3. The number of rotatable bonds is 1. The third kappa shape index (κ3) is 2.31. The highest BCUT2D eigenvalue weighted by Gasteiger charge is 2.36. The molecular weight excluding hydrogens is 318 g/mol. The van der Waals surface area contributed by atoms with Crippen LogP contribution in [0, 0.1) is 0 Å². The smallest absolute Gasteiger partial charge is 0.112 e. The van der Waals surface area contributed by atoms with Crippen LogP contribution in [-0.2, 0) is 0 Å². The molecule has 0 fully saturated rings.